The van der Waals surface area contributed by atoms with Crippen molar-refractivity contribution in [2.45, 2.75) is 104 Å². The second kappa shape index (κ2) is 10.9. The fourth-order valence-corrected chi connectivity index (χ4v) is 12.0. The number of aliphatic hydroxyl groups excluding tert-OH is 2. The summed E-state index contributed by atoms with van der Waals surface area (Å²) in [7, 11) is -3.28. The summed E-state index contributed by atoms with van der Waals surface area (Å²) < 4.78 is 28.3. The molecule has 4 saturated carbocycles. The summed E-state index contributed by atoms with van der Waals surface area (Å²) in [4.78, 5) is 0. The molecule has 0 aliphatic heterocycles. The molecule has 38 heavy (non-hydrogen) atoms. The SMILES string of the molecule is CC[C@@H]1C2C[C@H](O)CCC2(C)[C@H]2CCC3(C)C([C@H](C)CCNS(=O)(=O)CC4C=CC=CC4)CC[C@H]3C2[C@@H]1O. The molecule has 0 aromatic heterocycles. The highest BCUT2D eigenvalue weighted by Crippen LogP contribution is 2.69. The van der Waals surface area contributed by atoms with Crippen molar-refractivity contribution in [2.24, 2.45) is 58.2 Å². The van der Waals surface area contributed by atoms with Gasteiger partial charge in [0.15, 0.2) is 0 Å². The molecular formula is C32H53NO4S. The molecule has 5 aliphatic rings. The molecule has 0 aromatic carbocycles. The number of nitrogens with one attached hydrogen (secondary N) is 1. The summed E-state index contributed by atoms with van der Waals surface area (Å²) in [6.45, 7) is 10.1. The summed E-state index contributed by atoms with van der Waals surface area (Å²) in [5.41, 5.74) is 0.450. The summed E-state index contributed by atoms with van der Waals surface area (Å²) in [6.07, 6.45) is 17.8. The number of allylic oxidation sites excluding steroid dienone is 4. The van der Waals surface area contributed by atoms with Gasteiger partial charge in [-0.25, -0.2) is 13.1 Å². The topological polar surface area (TPSA) is 86.6 Å². The molecule has 0 amide bonds. The molecule has 6 unspecified atom stereocenters. The van der Waals surface area contributed by atoms with Crippen LogP contribution in [0.3, 0.4) is 0 Å². The van der Waals surface area contributed by atoms with Gasteiger partial charge in [-0.15, -0.1) is 0 Å². The van der Waals surface area contributed by atoms with Crippen molar-refractivity contribution in [3.63, 3.8) is 0 Å². The van der Waals surface area contributed by atoms with Crippen molar-refractivity contribution >= 4 is 10.0 Å². The van der Waals surface area contributed by atoms with Crippen LogP contribution in [0.5, 0.6) is 0 Å². The average Bonchev–Trinajstić information content (AvgIpc) is 3.23. The van der Waals surface area contributed by atoms with Gasteiger partial charge in [0.2, 0.25) is 10.0 Å². The Morgan fingerprint density at radius 2 is 1.74 bits per heavy atom. The zero-order chi connectivity index (χ0) is 27.3. The van der Waals surface area contributed by atoms with Gasteiger partial charge < -0.3 is 10.2 Å². The van der Waals surface area contributed by atoms with Gasteiger partial charge >= 0.3 is 0 Å². The third-order valence-corrected chi connectivity index (χ3v) is 14.1. The summed E-state index contributed by atoms with van der Waals surface area (Å²) in [5, 5.41) is 22.4. The number of fused-ring (bicyclic) bond motifs is 5. The minimum atomic E-state index is -3.28. The first-order valence-corrected chi connectivity index (χ1v) is 17.3. The standard InChI is InChI=1S/C32H53NO4S/c1-5-24-28-19-23(34)13-16-32(28,4)27-14-17-31(3)25(11-12-26(31)29(27)30(24)35)21(2)15-18-33-38(36,37)20-22-9-7-6-8-10-22/h6-9,21-30,33-35H,5,10-20H2,1-4H3/t21-,22?,23-,24-,25?,26+,27+,28?,29?,30-,31?,32?/m1/s1. The van der Waals surface area contributed by atoms with Crippen molar-refractivity contribution in [3.05, 3.63) is 24.3 Å². The highest BCUT2D eigenvalue weighted by Gasteiger charge is 2.64. The minimum absolute atomic E-state index is 0.0716. The first kappa shape index (κ1) is 28.8. The van der Waals surface area contributed by atoms with Crippen LogP contribution < -0.4 is 4.72 Å². The number of sulfonamides is 1. The normalized spacial score (nSPS) is 47.3. The van der Waals surface area contributed by atoms with Crippen LogP contribution >= 0.6 is 0 Å². The highest BCUT2D eigenvalue weighted by molar-refractivity contribution is 7.89. The second-order valence-corrected chi connectivity index (χ2v) is 16.2. The molecule has 0 aromatic rings. The van der Waals surface area contributed by atoms with E-state index in [1.807, 2.05) is 24.3 Å². The quantitative estimate of drug-likeness (QED) is 0.364. The van der Waals surface area contributed by atoms with Crippen LogP contribution in [0.2, 0.25) is 0 Å². The molecular weight excluding hydrogens is 494 g/mol. The number of hydrogen-bond acceptors (Lipinski definition) is 4. The lowest BCUT2D eigenvalue weighted by Gasteiger charge is -2.64. The average molecular weight is 548 g/mol. The predicted molar refractivity (Wildman–Crippen MR) is 154 cm³/mol. The Morgan fingerprint density at radius 3 is 2.45 bits per heavy atom. The monoisotopic (exact) mass is 547 g/mol. The first-order chi connectivity index (χ1) is 18.0. The Kier molecular flexibility index (Phi) is 8.30. The highest BCUT2D eigenvalue weighted by atomic mass is 32.2. The first-order valence-electron chi connectivity index (χ1n) is 15.7. The molecule has 5 nitrogen and oxygen atoms in total. The van der Waals surface area contributed by atoms with Gasteiger partial charge in [0.1, 0.15) is 0 Å². The molecule has 0 spiro atoms. The van der Waals surface area contributed by atoms with Crippen molar-refractivity contribution in [3.8, 4) is 0 Å². The molecule has 216 valence electrons. The van der Waals surface area contributed by atoms with E-state index in [0.717, 1.165) is 38.5 Å². The largest absolute Gasteiger partial charge is 0.393 e. The maximum Gasteiger partial charge on any atom is 0.212 e. The molecule has 5 rings (SSSR count). The number of rotatable bonds is 8. The van der Waals surface area contributed by atoms with Gasteiger partial charge in [0.25, 0.3) is 0 Å². The van der Waals surface area contributed by atoms with Crippen LogP contribution in [0.15, 0.2) is 24.3 Å². The summed E-state index contributed by atoms with van der Waals surface area (Å²) in [6, 6.07) is 0. The number of aliphatic hydroxyl groups is 2. The van der Waals surface area contributed by atoms with Crippen molar-refractivity contribution < 1.29 is 18.6 Å². The molecule has 6 heteroatoms. The van der Waals surface area contributed by atoms with E-state index >= 15 is 0 Å². The van der Waals surface area contributed by atoms with Gasteiger partial charge in [-0.2, -0.15) is 0 Å². The Hall–Kier alpha value is -0.690. The van der Waals surface area contributed by atoms with E-state index in [4.69, 9.17) is 0 Å². The maximum absolute atomic E-state index is 12.7. The molecule has 0 saturated heterocycles. The zero-order valence-electron chi connectivity index (χ0n) is 24.2. The number of hydrogen-bond donors (Lipinski definition) is 3. The van der Waals surface area contributed by atoms with Gasteiger partial charge in [-0.05, 0) is 116 Å². The fourth-order valence-electron chi connectivity index (χ4n) is 10.7. The second-order valence-electron chi connectivity index (χ2n) is 14.4. The molecule has 0 heterocycles. The van der Waals surface area contributed by atoms with Crippen LogP contribution in [-0.2, 0) is 10.0 Å². The van der Waals surface area contributed by atoms with Gasteiger partial charge in [0, 0.05) is 6.54 Å². The van der Waals surface area contributed by atoms with Gasteiger partial charge in [0.05, 0.1) is 18.0 Å². The molecule has 3 N–H and O–H groups in total. The summed E-state index contributed by atoms with van der Waals surface area (Å²) >= 11 is 0. The van der Waals surface area contributed by atoms with E-state index in [-0.39, 0.29) is 34.7 Å². The lowest BCUT2D eigenvalue weighted by atomic mass is 9.41. The van der Waals surface area contributed by atoms with E-state index in [0.29, 0.717) is 48.0 Å². The van der Waals surface area contributed by atoms with E-state index in [1.165, 1.54) is 25.7 Å². The third-order valence-electron chi connectivity index (χ3n) is 12.6. The van der Waals surface area contributed by atoms with Crippen LogP contribution in [0.25, 0.3) is 0 Å². The third kappa shape index (κ3) is 5.10. The Bertz CT molecular complexity index is 1010. The van der Waals surface area contributed by atoms with E-state index < -0.39 is 10.0 Å². The Balaban J connectivity index is 1.25. The van der Waals surface area contributed by atoms with E-state index in [9.17, 15) is 18.6 Å². The Labute approximate surface area is 232 Å². The molecule has 12 atom stereocenters. The molecule has 0 bridgehead atoms. The van der Waals surface area contributed by atoms with Crippen molar-refractivity contribution in [1.29, 1.82) is 0 Å². The summed E-state index contributed by atoms with van der Waals surface area (Å²) in [5.74, 6) is 3.46. The lowest BCUT2D eigenvalue weighted by molar-refractivity contribution is -0.203. The minimum Gasteiger partial charge on any atom is -0.393 e. The van der Waals surface area contributed by atoms with Crippen LogP contribution in [0.1, 0.15) is 91.9 Å². The predicted octanol–water partition coefficient (Wildman–Crippen LogP) is 5.69. The van der Waals surface area contributed by atoms with Crippen LogP contribution in [0, 0.1) is 58.2 Å². The van der Waals surface area contributed by atoms with Crippen LogP contribution in [0.4, 0.5) is 0 Å². The van der Waals surface area contributed by atoms with Crippen LogP contribution in [-0.4, -0.2) is 43.1 Å². The Morgan fingerprint density at radius 1 is 1.00 bits per heavy atom. The zero-order valence-corrected chi connectivity index (χ0v) is 25.0. The van der Waals surface area contributed by atoms with E-state index in [1.54, 1.807) is 0 Å². The van der Waals surface area contributed by atoms with Gasteiger partial charge in [-0.1, -0.05) is 58.4 Å². The van der Waals surface area contributed by atoms with Crippen molar-refractivity contribution in [1.82, 2.24) is 4.72 Å². The smallest absolute Gasteiger partial charge is 0.212 e. The van der Waals surface area contributed by atoms with E-state index in [2.05, 4.69) is 32.4 Å². The lowest BCUT2D eigenvalue weighted by Crippen LogP contribution is -2.62. The fraction of sp³-hybridized carbons (Fsp3) is 0.875. The maximum atomic E-state index is 12.7. The molecule has 0 radical (unpaired) electrons. The molecule has 4 fully saturated rings. The molecule has 5 aliphatic carbocycles. The van der Waals surface area contributed by atoms with Gasteiger partial charge in [-0.3, -0.25) is 0 Å². The van der Waals surface area contributed by atoms with Crippen molar-refractivity contribution in [2.75, 3.05) is 12.3 Å².